The van der Waals surface area contributed by atoms with Crippen LogP contribution >= 0.6 is 0 Å². The minimum Gasteiger partial charge on any atom is -0.461 e. The minimum absolute atomic E-state index is 0.175. The minimum atomic E-state index is -4.53. The van der Waals surface area contributed by atoms with Gasteiger partial charge in [0.1, 0.15) is 18.6 Å². The van der Waals surface area contributed by atoms with E-state index in [-0.39, 0.29) is 18.1 Å². The van der Waals surface area contributed by atoms with E-state index in [0.717, 1.165) is 35.6 Å². The van der Waals surface area contributed by atoms with E-state index >= 15 is 0 Å². The molecule has 1 aliphatic rings. The van der Waals surface area contributed by atoms with Gasteiger partial charge in [0.05, 0.1) is 30.1 Å². The highest BCUT2D eigenvalue weighted by atomic mass is 19.4. The van der Waals surface area contributed by atoms with Gasteiger partial charge in [-0.05, 0) is 49.6 Å². The normalized spacial score (nSPS) is 13.5. The van der Waals surface area contributed by atoms with Crippen molar-refractivity contribution in [2.45, 2.75) is 38.4 Å². The number of ether oxygens (including phenoxy) is 2. The zero-order chi connectivity index (χ0) is 29.4. The van der Waals surface area contributed by atoms with Crippen LogP contribution in [0, 0.1) is 6.92 Å². The van der Waals surface area contributed by atoms with Crippen LogP contribution in [-0.2, 0) is 17.5 Å². The van der Waals surface area contributed by atoms with Crippen LogP contribution in [0.15, 0.2) is 59.9 Å². The third-order valence-electron chi connectivity index (χ3n) is 7.03. The summed E-state index contributed by atoms with van der Waals surface area (Å²) >= 11 is 0. The van der Waals surface area contributed by atoms with Crippen molar-refractivity contribution in [1.29, 1.82) is 0 Å². The number of rotatable bonds is 9. The molecule has 0 aliphatic heterocycles. The van der Waals surface area contributed by atoms with Gasteiger partial charge >= 0.3 is 12.2 Å². The van der Waals surface area contributed by atoms with Crippen molar-refractivity contribution in [2.75, 3.05) is 20.3 Å². The van der Waals surface area contributed by atoms with Gasteiger partial charge in [-0.3, -0.25) is 9.36 Å². The summed E-state index contributed by atoms with van der Waals surface area (Å²) in [6.45, 7) is 2.42. The highest BCUT2D eigenvalue weighted by Crippen LogP contribution is 2.41. The Labute approximate surface area is 237 Å². The summed E-state index contributed by atoms with van der Waals surface area (Å²) in [5.41, 5.74) is 2.64. The van der Waals surface area contributed by atoms with E-state index in [2.05, 4.69) is 25.0 Å². The molecule has 4 aromatic heterocycles. The third kappa shape index (κ3) is 5.47. The van der Waals surface area contributed by atoms with Crippen LogP contribution in [0.2, 0.25) is 0 Å². The number of hydrogen-bond donors (Lipinski definition) is 0. The summed E-state index contributed by atoms with van der Waals surface area (Å²) in [6, 6.07) is 9.84. The van der Waals surface area contributed by atoms with E-state index < -0.39 is 11.9 Å². The van der Waals surface area contributed by atoms with E-state index in [4.69, 9.17) is 9.47 Å². The Morgan fingerprint density at radius 2 is 1.74 bits per heavy atom. The summed E-state index contributed by atoms with van der Waals surface area (Å²) in [5.74, 6) is 0.306. The van der Waals surface area contributed by atoms with Crippen LogP contribution in [-0.4, -0.2) is 54.6 Å². The van der Waals surface area contributed by atoms with Gasteiger partial charge in [-0.1, -0.05) is 12.1 Å². The van der Waals surface area contributed by atoms with Gasteiger partial charge < -0.3 is 9.47 Å². The summed E-state index contributed by atoms with van der Waals surface area (Å²) in [7, 11) is 1.57. The predicted molar refractivity (Wildman–Crippen MR) is 147 cm³/mol. The molecule has 4 heterocycles. The Kier molecular flexibility index (Phi) is 7.19. The topological polar surface area (TPSA) is 110 Å². The molecule has 216 valence electrons. The molecule has 0 unspecified atom stereocenters. The molecule has 0 bridgehead atoms. The number of benzene rings is 1. The first kappa shape index (κ1) is 27.5. The van der Waals surface area contributed by atoms with Crippen LogP contribution in [0.5, 0.6) is 6.01 Å². The highest BCUT2D eigenvalue weighted by molar-refractivity contribution is 5.83. The Morgan fingerprint density at radius 1 is 1.00 bits per heavy atom. The number of aromatic nitrogens is 7. The molecule has 1 aromatic carbocycles. The van der Waals surface area contributed by atoms with Crippen LogP contribution in [0.25, 0.3) is 27.8 Å². The molecule has 0 N–H and O–H groups in total. The van der Waals surface area contributed by atoms with Crippen LogP contribution in [0.4, 0.5) is 13.2 Å². The maximum Gasteiger partial charge on any atom is 0.435 e. The van der Waals surface area contributed by atoms with Gasteiger partial charge in [0.2, 0.25) is 0 Å². The number of fused-ring (bicyclic) bond motifs is 1. The molecule has 0 spiro atoms. The number of alkyl halides is 3. The standard InChI is InChI=1S/C29H26F3N7O3/c1-17-11-24(29(30,31)32)37-39(17)21-7-3-18(4-8-21)15-38-26-23(25(19-5-6-19)35-16-36-26)12-22(27(38)40)20-13-33-28(34-14-20)42-10-9-41-2/h3-4,7-8,11-14,16,19H,5-6,9-10,15H2,1-2H3. The van der Waals surface area contributed by atoms with E-state index in [1.165, 1.54) is 11.0 Å². The number of methoxy groups -OCH3 is 1. The first-order valence-electron chi connectivity index (χ1n) is 13.3. The smallest absolute Gasteiger partial charge is 0.435 e. The van der Waals surface area contributed by atoms with Crippen LogP contribution < -0.4 is 10.3 Å². The van der Waals surface area contributed by atoms with Crippen LogP contribution in [0.1, 0.15) is 41.4 Å². The van der Waals surface area contributed by atoms with Crippen molar-refractivity contribution in [3.05, 3.63) is 88.1 Å². The van der Waals surface area contributed by atoms with Gasteiger partial charge in [0.25, 0.3) is 5.56 Å². The summed E-state index contributed by atoms with van der Waals surface area (Å²) in [6.07, 6.45) is 2.05. The highest BCUT2D eigenvalue weighted by Gasteiger charge is 2.34. The molecule has 42 heavy (non-hydrogen) atoms. The number of aryl methyl sites for hydroxylation is 1. The van der Waals surface area contributed by atoms with Crippen molar-refractivity contribution in [2.24, 2.45) is 0 Å². The molecule has 10 nitrogen and oxygen atoms in total. The Bertz CT molecular complexity index is 1800. The number of nitrogens with zero attached hydrogens (tertiary/aromatic N) is 7. The van der Waals surface area contributed by atoms with Gasteiger partial charge in [0, 0.05) is 42.1 Å². The van der Waals surface area contributed by atoms with Crippen LogP contribution in [0.3, 0.4) is 0 Å². The Hall–Kier alpha value is -4.65. The van der Waals surface area contributed by atoms with Crippen molar-refractivity contribution < 1.29 is 22.6 Å². The number of pyridine rings is 1. The fraction of sp³-hybridized carbons (Fsp3) is 0.310. The van der Waals surface area contributed by atoms with Gasteiger partial charge in [-0.2, -0.15) is 18.3 Å². The molecule has 6 rings (SSSR count). The molecule has 0 amide bonds. The molecule has 5 aromatic rings. The molecular weight excluding hydrogens is 551 g/mol. The summed E-state index contributed by atoms with van der Waals surface area (Å²) in [5, 5.41) is 4.49. The lowest BCUT2D eigenvalue weighted by atomic mass is 10.1. The average molecular weight is 578 g/mol. The SMILES string of the molecule is COCCOc1ncc(-c2cc3c(C4CC4)ncnc3n(Cc3ccc(-n4nc(C(F)(F)F)cc4C)cc3)c2=O)cn1. The maximum absolute atomic E-state index is 13.9. The fourth-order valence-corrected chi connectivity index (χ4v) is 4.78. The van der Waals surface area contributed by atoms with E-state index in [1.807, 2.05) is 0 Å². The first-order chi connectivity index (χ1) is 20.2. The molecule has 1 fully saturated rings. The number of halogens is 3. The second-order valence-corrected chi connectivity index (χ2v) is 10.1. The van der Waals surface area contributed by atoms with Crippen molar-refractivity contribution >= 4 is 11.0 Å². The Balaban J connectivity index is 1.37. The lowest BCUT2D eigenvalue weighted by Crippen LogP contribution is -2.24. The lowest BCUT2D eigenvalue weighted by Gasteiger charge is -2.15. The second kappa shape index (κ2) is 11.0. The van der Waals surface area contributed by atoms with Crippen molar-refractivity contribution in [3.63, 3.8) is 0 Å². The van der Waals surface area contributed by atoms with Gasteiger partial charge in [-0.15, -0.1) is 0 Å². The Morgan fingerprint density at radius 3 is 2.38 bits per heavy atom. The number of hydrogen-bond acceptors (Lipinski definition) is 8. The first-order valence-corrected chi connectivity index (χ1v) is 13.3. The molecule has 0 atom stereocenters. The zero-order valence-corrected chi connectivity index (χ0v) is 22.8. The molecule has 1 aliphatic carbocycles. The fourth-order valence-electron chi connectivity index (χ4n) is 4.78. The zero-order valence-electron chi connectivity index (χ0n) is 22.8. The molecule has 1 saturated carbocycles. The lowest BCUT2D eigenvalue weighted by molar-refractivity contribution is -0.141. The van der Waals surface area contributed by atoms with Crippen molar-refractivity contribution in [3.8, 4) is 22.8 Å². The third-order valence-corrected chi connectivity index (χ3v) is 7.03. The molecule has 0 radical (unpaired) electrons. The molecule has 13 heteroatoms. The van der Waals surface area contributed by atoms with E-state index in [9.17, 15) is 18.0 Å². The molecular formula is C29H26F3N7O3. The summed E-state index contributed by atoms with van der Waals surface area (Å²) < 4.78 is 52.7. The maximum atomic E-state index is 13.9. The van der Waals surface area contributed by atoms with Gasteiger partial charge in [0.15, 0.2) is 5.69 Å². The van der Waals surface area contributed by atoms with E-state index in [0.29, 0.717) is 47.3 Å². The quantitative estimate of drug-likeness (QED) is 0.232. The molecule has 0 saturated heterocycles. The largest absolute Gasteiger partial charge is 0.461 e. The second-order valence-electron chi connectivity index (χ2n) is 10.1. The summed E-state index contributed by atoms with van der Waals surface area (Å²) in [4.78, 5) is 31.4. The monoisotopic (exact) mass is 577 g/mol. The van der Waals surface area contributed by atoms with Crippen molar-refractivity contribution in [1.82, 2.24) is 34.3 Å². The van der Waals surface area contributed by atoms with E-state index in [1.54, 1.807) is 61.3 Å². The predicted octanol–water partition coefficient (Wildman–Crippen LogP) is 4.71. The van der Waals surface area contributed by atoms with Gasteiger partial charge in [-0.25, -0.2) is 24.6 Å². The average Bonchev–Trinajstić information content (AvgIpc) is 3.75.